The molecule has 1 aromatic heterocycles. The van der Waals surface area contributed by atoms with E-state index in [2.05, 4.69) is 11.1 Å². The lowest BCUT2D eigenvalue weighted by Crippen LogP contribution is -2.02. The number of allylic oxidation sites excluding steroid dienone is 1. The van der Waals surface area contributed by atoms with Gasteiger partial charge in [0.1, 0.15) is 6.07 Å². The van der Waals surface area contributed by atoms with Gasteiger partial charge < -0.3 is 4.90 Å². The average Bonchev–Trinajstić information content (AvgIpc) is 2.15. The molecular weight excluding hydrogens is 162 g/mol. The van der Waals surface area contributed by atoms with Crippen LogP contribution in [-0.4, -0.2) is 24.0 Å². The molecule has 0 aliphatic heterocycles. The second-order valence-electron chi connectivity index (χ2n) is 2.86. The molecule has 0 atom stereocenters. The lowest BCUT2D eigenvalue weighted by Gasteiger charge is -2.05. The summed E-state index contributed by atoms with van der Waals surface area (Å²) in [6.07, 6.45) is 5.14. The number of rotatable bonds is 2. The van der Waals surface area contributed by atoms with Crippen molar-refractivity contribution in [3.8, 4) is 6.07 Å². The van der Waals surface area contributed by atoms with Crippen LogP contribution in [0, 0.1) is 11.3 Å². The monoisotopic (exact) mass is 173 g/mol. The van der Waals surface area contributed by atoms with Crippen molar-refractivity contribution in [3.63, 3.8) is 0 Å². The van der Waals surface area contributed by atoms with E-state index < -0.39 is 0 Å². The summed E-state index contributed by atoms with van der Waals surface area (Å²) < 4.78 is 0. The SMILES string of the molecule is CN(C)/C=C(/C#N)c1cccnc1. The van der Waals surface area contributed by atoms with Crippen LogP contribution in [0.1, 0.15) is 5.56 Å². The Kier molecular flexibility index (Phi) is 3.04. The van der Waals surface area contributed by atoms with Crippen molar-refractivity contribution in [2.75, 3.05) is 14.1 Å². The van der Waals surface area contributed by atoms with Gasteiger partial charge in [-0.3, -0.25) is 4.98 Å². The highest BCUT2D eigenvalue weighted by Gasteiger charge is 1.99. The summed E-state index contributed by atoms with van der Waals surface area (Å²) in [7, 11) is 3.77. The summed E-state index contributed by atoms with van der Waals surface area (Å²) in [5.74, 6) is 0. The fourth-order valence-electron chi connectivity index (χ4n) is 0.948. The maximum atomic E-state index is 8.86. The lowest BCUT2D eigenvalue weighted by molar-refractivity contribution is 0.566. The second kappa shape index (κ2) is 4.27. The molecule has 0 saturated carbocycles. The van der Waals surface area contributed by atoms with Gasteiger partial charge in [-0.05, 0) is 6.07 Å². The van der Waals surface area contributed by atoms with Crippen LogP contribution in [0.5, 0.6) is 0 Å². The number of aromatic nitrogens is 1. The summed E-state index contributed by atoms with van der Waals surface area (Å²) in [5, 5.41) is 8.86. The molecule has 0 fully saturated rings. The molecule has 0 saturated heterocycles. The molecule has 0 aliphatic carbocycles. The lowest BCUT2D eigenvalue weighted by atomic mass is 10.1. The van der Waals surface area contributed by atoms with Crippen LogP contribution < -0.4 is 0 Å². The van der Waals surface area contributed by atoms with Gasteiger partial charge in [-0.2, -0.15) is 5.26 Å². The van der Waals surface area contributed by atoms with Crippen LogP contribution in [0.15, 0.2) is 30.7 Å². The smallest absolute Gasteiger partial charge is 0.101 e. The van der Waals surface area contributed by atoms with Gasteiger partial charge >= 0.3 is 0 Å². The van der Waals surface area contributed by atoms with Crippen molar-refractivity contribution in [1.29, 1.82) is 5.26 Å². The summed E-state index contributed by atoms with van der Waals surface area (Å²) >= 11 is 0. The van der Waals surface area contributed by atoms with Gasteiger partial charge in [-0.25, -0.2) is 0 Å². The quantitative estimate of drug-likeness (QED) is 0.636. The van der Waals surface area contributed by atoms with Crippen molar-refractivity contribution in [2.24, 2.45) is 0 Å². The fourth-order valence-corrected chi connectivity index (χ4v) is 0.948. The van der Waals surface area contributed by atoms with E-state index in [1.165, 1.54) is 0 Å². The Hall–Kier alpha value is -1.82. The molecule has 0 N–H and O–H groups in total. The molecule has 0 aromatic carbocycles. The summed E-state index contributed by atoms with van der Waals surface area (Å²) in [4.78, 5) is 5.79. The van der Waals surface area contributed by atoms with Crippen molar-refractivity contribution in [3.05, 3.63) is 36.3 Å². The highest BCUT2D eigenvalue weighted by molar-refractivity contribution is 5.75. The number of hydrogen-bond acceptors (Lipinski definition) is 3. The molecule has 0 bridgehead atoms. The zero-order chi connectivity index (χ0) is 9.68. The summed E-state index contributed by atoms with van der Waals surface area (Å²) in [5.41, 5.74) is 1.47. The predicted octanol–water partition coefficient (Wildman–Crippen LogP) is 1.51. The van der Waals surface area contributed by atoms with Crippen molar-refractivity contribution in [1.82, 2.24) is 9.88 Å². The van der Waals surface area contributed by atoms with Gasteiger partial charge in [-0.1, -0.05) is 6.07 Å². The molecule has 0 aliphatic rings. The van der Waals surface area contributed by atoms with E-state index in [0.717, 1.165) is 5.56 Å². The molecule has 66 valence electrons. The van der Waals surface area contributed by atoms with E-state index in [9.17, 15) is 0 Å². The highest BCUT2D eigenvalue weighted by Crippen LogP contribution is 2.11. The van der Waals surface area contributed by atoms with Gasteiger partial charge in [0.25, 0.3) is 0 Å². The first-order valence-corrected chi connectivity index (χ1v) is 3.93. The predicted molar refractivity (Wildman–Crippen MR) is 51.5 cm³/mol. The summed E-state index contributed by atoms with van der Waals surface area (Å²) in [6.45, 7) is 0. The third-order valence-electron chi connectivity index (χ3n) is 1.48. The topological polar surface area (TPSA) is 39.9 Å². The van der Waals surface area contributed by atoms with Gasteiger partial charge in [0.15, 0.2) is 0 Å². The van der Waals surface area contributed by atoms with Crippen molar-refractivity contribution in [2.45, 2.75) is 0 Å². The van der Waals surface area contributed by atoms with Crippen molar-refractivity contribution < 1.29 is 0 Å². The molecule has 0 unspecified atom stereocenters. The zero-order valence-corrected chi connectivity index (χ0v) is 7.73. The molecule has 13 heavy (non-hydrogen) atoms. The highest BCUT2D eigenvalue weighted by atomic mass is 15.0. The Balaban J connectivity index is 3.00. The minimum atomic E-state index is 0.623. The van der Waals surface area contributed by atoms with Crippen LogP contribution in [0.4, 0.5) is 0 Å². The van der Waals surface area contributed by atoms with Crippen LogP contribution in [0.2, 0.25) is 0 Å². The third kappa shape index (κ3) is 2.60. The standard InChI is InChI=1S/C10H11N3/c1-13(2)8-10(6-11)9-4-3-5-12-7-9/h3-5,7-8H,1-2H3/b10-8-. The van der Waals surface area contributed by atoms with Gasteiger partial charge in [0.2, 0.25) is 0 Å². The van der Waals surface area contributed by atoms with E-state index >= 15 is 0 Å². The van der Waals surface area contributed by atoms with E-state index in [4.69, 9.17) is 5.26 Å². The Labute approximate surface area is 77.9 Å². The van der Waals surface area contributed by atoms with Crippen LogP contribution in [-0.2, 0) is 0 Å². The average molecular weight is 173 g/mol. The minimum Gasteiger partial charge on any atom is -0.382 e. The van der Waals surface area contributed by atoms with Gasteiger partial charge in [0, 0.05) is 38.3 Å². The normalized spacial score (nSPS) is 10.7. The largest absolute Gasteiger partial charge is 0.382 e. The number of hydrogen-bond donors (Lipinski definition) is 0. The first-order chi connectivity index (χ1) is 6.24. The van der Waals surface area contributed by atoms with Gasteiger partial charge in [0.05, 0.1) is 5.57 Å². The molecule has 0 radical (unpaired) electrons. The van der Waals surface area contributed by atoms with Crippen LogP contribution in [0.3, 0.4) is 0 Å². The molecule has 3 nitrogen and oxygen atoms in total. The third-order valence-corrected chi connectivity index (χ3v) is 1.48. The molecule has 1 rings (SSSR count). The number of pyridine rings is 1. The Morgan fingerprint density at radius 3 is 2.85 bits per heavy atom. The van der Waals surface area contributed by atoms with Crippen LogP contribution in [0.25, 0.3) is 5.57 Å². The van der Waals surface area contributed by atoms with E-state index in [1.807, 2.05) is 31.1 Å². The molecular formula is C10H11N3. The van der Waals surface area contributed by atoms with E-state index in [-0.39, 0.29) is 0 Å². The maximum Gasteiger partial charge on any atom is 0.101 e. The Morgan fingerprint density at radius 2 is 2.38 bits per heavy atom. The fraction of sp³-hybridized carbons (Fsp3) is 0.200. The maximum absolute atomic E-state index is 8.86. The molecule has 1 heterocycles. The molecule has 3 heteroatoms. The van der Waals surface area contributed by atoms with E-state index in [0.29, 0.717) is 5.57 Å². The first-order valence-electron chi connectivity index (χ1n) is 3.93. The number of nitrogens with zero attached hydrogens (tertiary/aromatic N) is 3. The first kappa shape index (κ1) is 9.27. The van der Waals surface area contributed by atoms with Crippen molar-refractivity contribution >= 4 is 5.57 Å². The molecule has 0 spiro atoms. The molecule has 1 aromatic rings. The zero-order valence-electron chi connectivity index (χ0n) is 7.73. The Morgan fingerprint density at radius 1 is 1.62 bits per heavy atom. The van der Waals surface area contributed by atoms with Gasteiger partial charge in [-0.15, -0.1) is 0 Å². The second-order valence-corrected chi connectivity index (χ2v) is 2.86. The summed E-state index contributed by atoms with van der Waals surface area (Å²) in [6, 6.07) is 5.81. The van der Waals surface area contributed by atoms with E-state index in [1.54, 1.807) is 18.6 Å². The van der Waals surface area contributed by atoms with Crippen LogP contribution >= 0.6 is 0 Å². The minimum absolute atomic E-state index is 0.623. The molecule has 0 amide bonds. The Bertz CT molecular complexity index is 333. The number of nitriles is 1.